The Hall–Kier alpha value is -0.690. The van der Waals surface area contributed by atoms with Gasteiger partial charge in [-0.15, -0.1) is 0 Å². The van der Waals surface area contributed by atoms with E-state index in [-0.39, 0.29) is 11.5 Å². The first-order valence-corrected chi connectivity index (χ1v) is 5.41. The molecule has 0 spiro atoms. The predicted octanol–water partition coefficient (Wildman–Crippen LogP) is 2.21. The first-order valence-electron chi connectivity index (χ1n) is 4.18. The lowest BCUT2D eigenvalue weighted by Gasteiger charge is -2.23. The zero-order valence-electron chi connectivity index (χ0n) is 8.88. The van der Waals surface area contributed by atoms with Crippen LogP contribution in [0.1, 0.15) is 27.7 Å². The summed E-state index contributed by atoms with van der Waals surface area (Å²) in [6, 6.07) is 0.204. The number of hydrogen-bond acceptors (Lipinski definition) is 3. The lowest BCUT2D eigenvalue weighted by Crippen LogP contribution is -2.25. The van der Waals surface area contributed by atoms with Crippen molar-refractivity contribution in [2.45, 2.75) is 33.7 Å². The van der Waals surface area contributed by atoms with Gasteiger partial charge in [-0.1, -0.05) is 32.5 Å². The van der Waals surface area contributed by atoms with Crippen molar-refractivity contribution in [3.05, 3.63) is 0 Å². The number of hydrogen-bond donors (Lipinski definition) is 1. The van der Waals surface area contributed by atoms with Crippen LogP contribution < -0.4 is 5.32 Å². The van der Waals surface area contributed by atoms with Crippen molar-refractivity contribution < 1.29 is 0 Å². The van der Waals surface area contributed by atoms with E-state index in [0.717, 1.165) is 0 Å². The van der Waals surface area contributed by atoms with Gasteiger partial charge in [0.1, 0.15) is 0 Å². The SMILES string of the molecule is CSC(=N[C@@H](C)C(C)(C)C)NC#N. The second-order valence-corrected chi connectivity index (χ2v) is 4.71. The second kappa shape index (κ2) is 5.13. The molecule has 0 unspecified atom stereocenters. The summed E-state index contributed by atoms with van der Waals surface area (Å²) in [5, 5.41) is 11.7. The van der Waals surface area contributed by atoms with Gasteiger partial charge in [0.05, 0.1) is 6.04 Å². The maximum atomic E-state index is 8.43. The zero-order chi connectivity index (χ0) is 10.5. The molecule has 0 radical (unpaired) electrons. The molecule has 0 rings (SSSR count). The molecule has 1 atom stereocenters. The lowest BCUT2D eigenvalue weighted by atomic mass is 9.89. The zero-order valence-corrected chi connectivity index (χ0v) is 9.70. The van der Waals surface area contributed by atoms with Crippen LogP contribution in [0.3, 0.4) is 0 Å². The minimum Gasteiger partial charge on any atom is -0.272 e. The second-order valence-electron chi connectivity index (χ2n) is 3.92. The van der Waals surface area contributed by atoms with Gasteiger partial charge in [0, 0.05) is 0 Å². The molecule has 0 heterocycles. The average molecular weight is 199 g/mol. The minimum absolute atomic E-state index is 0.137. The molecular weight excluding hydrogens is 182 g/mol. The number of thioether (sulfide) groups is 1. The van der Waals surface area contributed by atoms with Crippen LogP contribution in [-0.2, 0) is 0 Å². The molecule has 0 saturated heterocycles. The summed E-state index contributed by atoms with van der Waals surface area (Å²) >= 11 is 1.46. The molecule has 4 heteroatoms. The van der Waals surface area contributed by atoms with Crippen molar-refractivity contribution in [1.29, 1.82) is 5.26 Å². The minimum atomic E-state index is 0.137. The number of nitrogens with zero attached hydrogens (tertiary/aromatic N) is 2. The Morgan fingerprint density at radius 1 is 1.54 bits per heavy atom. The Labute approximate surface area is 84.6 Å². The van der Waals surface area contributed by atoms with E-state index >= 15 is 0 Å². The largest absolute Gasteiger partial charge is 0.272 e. The Kier molecular flexibility index (Phi) is 4.86. The molecule has 0 aliphatic carbocycles. The topological polar surface area (TPSA) is 48.2 Å². The van der Waals surface area contributed by atoms with Crippen LogP contribution in [-0.4, -0.2) is 17.5 Å². The van der Waals surface area contributed by atoms with Gasteiger partial charge in [-0.3, -0.25) is 10.3 Å². The van der Waals surface area contributed by atoms with E-state index in [4.69, 9.17) is 5.26 Å². The van der Waals surface area contributed by atoms with Crippen LogP contribution in [0.15, 0.2) is 4.99 Å². The standard InChI is InChI=1S/C9H17N3S/c1-7(9(2,3)4)12-8(13-5)11-6-10/h7H,1-5H3,(H,11,12)/t7-/m0/s1. The molecule has 0 fully saturated rings. The molecule has 0 bridgehead atoms. The lowest BCUT2D eigenvalue weighted by molar-refractivity contribution is 0.342. The number of amidine groups is 1. The van der Waals surface area contributed by atoms with Gasteiger partial charge < -0.3 is 0 Å². The maximum absolute atomic E-state index is 8.43. The Morgan fingerprint density at radius 2 is 2.08 bits per heavy atom. The number of aliphatic imine (C=N–C) groups is 1. The summed E-state index contributed by atoms with van der Waals surface area (Å²) in [7, 11) is 0. The van der Waals surface area contributed by atoms with E-state index in [1.54, 1.807) is 0 Å². The summed E-state index contributed by atoms with van der Waals surface area (Å²) in [5.74, 6) is 0. The van der Waals surface area contributed by atoms with Crippen LogP contribution in [0.4, 0.5) is 0 Å². The summed E-state index contributed by atoms with van der Waals surface area (Å²) in [6.45, 7) is 8.44. The molecule has 3 nitrogen and oxygen atoms in total. The Balaban J connectivity index is 4.43. The smallest absolute Gasteiger partial charge is 0.183 e. The van der Waals surface area contributed by atoms with E-state index in [0.29, 0.717) is 5.17 Å². The molecular formula is C9H17N3S. The molecule has 13 heavy (non-hydrogen) atoms. The molecule has 0 aromatic heterocycles. The first-order chi connectivity index (χ1) is 5.91. The maximum Gasteiger partial charge on any atom is 0.183 e. The average Bonchev–Trinajstić information content (AvgIpc) is 2.01. The van der Waals surface area contributed by atoms with E-state index < -0.39 is 0 Å². The molecule has 1 N–H and O–H groups in total. The highest BCUT2D eigenvalue weighted by atomic mass is 32.2. The van der Waals surface area contributed by atoms with E-state index in [2.05, 4.69) is 38.0 Å². The van der Waals surface area contributed by atoms with Crippen LogP contribution in [0, 0.1) is 16.9 Å². The van der Waals surface area contributed by atoms with Crippen molar-refractivity contribution in [1.82, 2.24) is 5.32 Å². The van der Waals surface area contributed by atoms with Crippen molar-refractivity contribution in [3.8, 4) is 6.19 Å². The highest BCUT2D eigenvalue weighted by Gasteiger charge is 2.19. The van der Waals surface area contributed by atoms with E-state index in [9.17, 15) is 0 Å². The van der Waals surface area contributed by atoms with Crippen LogP contribution in [0.2, 0.25) is 0 Å². The van der Waals surface area contributed by atoms with Crippen molar-refractivity contribution in [2.24, 2.45) is 10.4 Å². The van der Waals surface area contributed by atoms with Crippen LogP contribution in [0.5, 0.6) is 0 Å². The first kappa shape index (κ1) is 12.3. The monoisotopic (exact) mass is 199 g/mol. The van der Waals surface area contributed by atoms with Gasteiger partial charge >= 0.3 is 0 Å². The summed E-state index contributed by atoms with van der Waals surface area (Å²) < 4.78 is 0. The van der Waals surface area contributed by atoms with Gasteiger partial charge in [-0.2, -0.15) is 5.26 Å². The molecule has 0 saturated carbocycles. The molecule has 0 aromatic rings. The molecule has 0 aliphatic heterocycles. The molecule has 74 valence electrons. The van der Waals surface area contributed by atoms with Gasteiger partial charge in [0.15, 0.2) is 11.4 Å². The van der Waals surface area contributed by atoms with E-state index in [1.807, 2.05) is 12.4 Å². The molecule has 0 aromatic carbocycles. The van der Waals surface area contributed by atoms with Gasteiger partial charge in [-0.05, 0) is 18.6 Å². The number of rotatable bonds is 1. The number of nitrogens with one attached hydrogen (secondary N) is 1. The Morgan fingerprint density at radius 3 is 2.38 bits per heavy atom. The number of nitriles is 1. The summed E-state index contributed by atoms with van der Waals surface area (Å²) in [6.07, 6.45) is 3.78. The van der Waals surface area contributed by atoms with Crippen molar-refractivity contribution >= 4 is 16.9 Å². The third-order valence-electron chi connectivity index (χ3n) is 1.92. The van der Waals surface area contributed by atoms with Crippen LogP contribution in [0.25, 0.3) is 0 Å². The third kappa shape index (κ3) is 4.79. The van der Waals surface area contributed by atoms with Crippen LogP contribution >= 0.6 is 11.8 Å². The summed E-state index contributed by atoms with van der Waals surface area (Å²) in [4.78, 5) is 4.40. The van der Waals surface area contributed by atoms with Gasteiger partial charge in [-0.25, -0.2) is 0 Å². The van der Waals surface area contributed by atoms with Gasteiger partial charge in [0.25, 0.3) is 0 Å². The third-order valence-corrected chi connectivity index (χ3v) is 2.51. The summed E-state index contributed by atoms with van der Waals surface area (Å²) in [5.41, 5.74) is 0.137. The highest BCUT2D eigenvalue weighted by Crippen LogP contribution is 2.22. The Bertz CT molecular complexity index is 222. The predicted molar refractivity (Wildman–Crippen MR) is 58.6 cm³/mol. The van der Waals surface area contributed by atoms with Gasteiger partial charge in [0.2, 0.25) is 0 Å². The quantitative estimate of drug-likeness (QED) is 0.305. The molecule has 0 amide bonds. The fourth-order valence-electron chi connectivity index (χ4n) is 0.553. The normalized spacial score (nSPS) is 14.9. The molecule has 0 aliphatic rings. The fourth-order valence-corrected chi connectivity index (χ4v) is 0.965. The van der Waals surface area contributed by atoms with Crippen molar-refractivity contribution in [2.75, 3.05) is 6.26 Å². The van der Waals surface area contributed by atoms with Crippen molar-refractivity contribution in [3.63, 3.8) is 0 Å². The fraction of sp³-hybridized carbons (Fsp3) is 0.778. The van der Waals surface area contributed by atoms with E-state index in [1.165, 1.54) is 11.8 Å². The highest BCUT2D eigenvalue weighted by molar-refractivity contribution is 8.13.